The maximum absolute atomic E-state index is 5.72. The first kappa shape index (κ1) is 12.0. The van der Waals surface area contributed by atoms with Crippen molar-refractivity contribution < 1.29 is 4.74 Å². The molecule has 0 unspecified atom stereocenters. The second kappa shape index (κ2) is 5.75. The summed E-state index contributed by atoms with van der Waals surface area (Å²) in [5.74, 6) is 0.824. The maximum atomic E-state index is 5.72. The quantitative estimate of drug-likeness (QED) is 0.879. The first-order valence-corrected chi connectivity index (χ1v) is 6.34. The molecule has 0 aliphatic heterocycles. The van der Waals surface area contributed by atoms with E-state index in [4.69, 9.17) is 10.5 Å². The fourth-order valence-corrected chi connectivity index (χ4v) is 2.29. The molecule has 0 fully saturated rings. The molecule has 0 aliphatic rings. The van der Waals surface area contributed by atoms with Crippen LogP contribution in [-0.4, -0.2) is 16.6 Å². The van der Waals surface area contributed by atoms with E-state index >= 15 is 0 Å². The minimum absolute atomic E-state index is 0.447. The van der Waals surface area contributed by atoms with Crippen LogP contribution < -0.4 is 10.5 Å². The fraction of sp³-hybridized carbons (Fsp3) is 0.333. The van der Waals surface area contributed by atoms with Gasteiger partial charge in [-0.1, -0.05) is 0 Å². The summed E-state index contributed by atoms with van der Waals surface area (Å²) in [6.45, 7) is 3.10. The normalized spacial score (nSPS) is 10.5. The van der Waals surface area contributed by atoms with Crippen LogP contribution in [-0.2, 0) is 13.0 Å². The molecule has 0 atom stereocenters. The minimum Gasteiger partial charge on any atom is -0.493 e. The molecular formula is C12H15N3OS. The first-order chi connectivity index (χ1) is 8.31. The van der Waals surface area contributed by atoms with E-state index in [1.165, 1.54) is 4.88 Å². The SMILES string of the molecule is Cc1ncsc1CCOc1ccncc1CN. The Labute approximate surface area is 104 Å². The molecule has 2 N–H and O–H groups in total. The molecule has 5 heteroatoms. The van der Waals surface area contributed by atoms with Gasteiger partial charge in [-0.3, -0.25) is 4.98 Å². The van der Waals surface area contributed by atoms with E-state index in [9.17, 15) is 0 Å². The number of pyridine rings is 1. The lowest BCUT2D eigenvalue weighted by Gasteiger charge is -2.09. The van der Waals surface area contributed by atoms with Crippen molar-refractivity contribution in [2.75, 3.05) is 6.61 Å². The highest BCUT2D eigenvalue weighted by Gasteiger charge is 2.04. The molecule has 2 aromatic heterocycles. The summed E-state index contributed by atoms with van der Waals surface area (Å²) >= 11 is 1.67. The van der Waals surface area contributed by atoms with Crippen LogP contribution in [0.2, 0.25) is 0 Å². The van der Waals surface area contributed by atoms with Gasteiger partial charge in [0.1, 0.15) is 5.75 Å². The van der Waals surface area contributed by atoms with Crippen LogP contribution >= 0.6 is 11.3 Å². The number of aromatic nitrogens is 2. The zero-order valence-corrected chi connectivity index (χ0v) is 10.5. The number of ether oxygens (including phenoxy) is 1. The van der Waals surface area contributed by atoms with Crippen molar-refractivity contribution >= 4 is 11.3 Å². The van der Waals surface area contributed by atoms with E-state index < -0.39 is 0 Å². The molecule has 0 aliphatic carbocycles. The molecule has 0 amide bonds. The van der Waals surface area contributed by atoms with Crippen molar-refractivity contribution in [2.24, 2.45) is 5.73 Å². The Morgan fingerprint density at radius 2 is 2.35 bits per heavy atom. The van der Waals surface area contributed by atoms with E-state index in [-0.39, 0.29) is 0 Å². The Morgan fingerprint density at radius 3 is 3.06 bits per heavy atom. The van der Waals surface area contributed by atoms with E-state index in [1.54, 1.807) is 23.7 Å². The Balaban J connectivity index is 1.92. The zero-order chi connectivity index (χ0) is 12.1. The molecule has 4 nitrogen and oxygen atoms in total. The first-order valence-electron chi connectivity index (χ1n) is 5.46. The molecule has 2 aromatic rings. The van der Waals surface area contributed by atoms with Gasteiger partial charge in [0.15, 0.2) is 0 Å². The van der Waals surface area contributed by atoms with Gasteiger partial charge in [0, 0.05) is 35.8 Å². The molecular weight excluding hydrogens is 234 g/mol. The Bertz CT molecular complexity index is 484. The largest absolute Gasteiger partial charge is 0.493 e. The molecule has 0 aromatic carbocycles. The highest BCUT2D eigenvalue weighted by Crippen LogP contribution is 2.17. The molecule has 2 heterocycles. The van der Waals surface area contributed by atoms with Crippen LogP contribution in [0.4, 0.5) is 0 Å². The van der Waals surface area contributed by atoms with Gasteiger partial charge in [-0.25, -0.2) is 4.98 Å². The van der Waals surface area contributed by atoms with E-state index in [2.05, 4.69) is 9.97 Å². The van der Waals surface area contributed by atoms with Gasteiger partial charge in [-0.05, 0) is 13.0 Å². The van der Waals surface area contributed by atoms with Crippen molar-refractivity contribution in [2.45, 2.75) is 19.9 Å². The number of nitrogens with two attached hydrogens (primary N) is 1. The Hall–Kier alpha value is -1.46. The third-order valence-corrected chi connectivity index (χ3v) is 3.51. The summed E-state index contributed by atoms with van der Waals surface area (Å²) in [7, 11) is 0. The van der Waals surface area contributed by atoms with Gasteiger partial charge < -0.3 is 10.5 Å². The van der Waals surface area contributed by atoms with E-state index in [0.29, 0.717) is 13.2 Å². The number of rotatable bonds is 5. The number of nitrogens with zero attached hydrogens (tertiary/aromatic N) is 2. The lowest BCUT2D eigenvalue weighted by Crippen LogP contribution is -2.06. The third-order valence-electron chi connectivity index (χ3n) is 2.51. The predicted octanol–water partition coefficient (Wildman–Crippen LogP) is 1.93. The standard InChI is InChI=1S/C12H15N3OS/c1-9-12(17-8-15-9)3-5-16-11-2-4-14-7-10(11)6-13/h2,4,7-8H,3,5-6,13H2,1H3. The van der Waals surface area contributed by atoms with Gasteiger partial charge in [-0.15, -0.1) is 11.3 Å². The van der Waals surface area contributed by atoms with Gasteiger partial charge in [0.2, 0.25) is 0 Å². The van der Waals surface area contributed by atoms with Gasteiger partial charge in [0.05, 0.1) is 17.8 Å². The molecule has 0 saturated heterocycles. The molecule has 0 radical (unpaired) electrons. The fourth-order valence-electron chi connectivity index (χ4n) is 1.53. The Kier molecular flexibility index (Phi) is 4.06. The second-order valence-corrected chi connectivity index (χ2v) is 4.59. The smallest absolute Gasteiger partial charge is 0.126 e. The summed E-state index contributed by atoms with van der Waals surface area (Å²) in [6, 6.07) is 1.85. The minimum atomic E-state index is 0.447. The molecule has 0 saturated carbocycles. The summed E-state index contributed by atoms with van der Waals surface area (Å²) in [5, 5.41) is 0. The number of hydrogen-bond donors (Lipinski definition) is 1. The van der Waals surface area contributed by atoms with E-state index in [1.807, 2.05) is 18.5 Å². The van der Waals surface area contributed by atoms with Crippen LogP contribution in [0, 0.1) is 6.92 Å². The molecule has 90 valence electrons. The second-order valence-electron chi connectivity index (χ2n) is 3.65. The van der Waals surface area contributed by atoms with Gasteiger partial charge in [-0.2, -0.15) is 0 Å². The number of thiazole rings is 1. The maximum Gasteiger partial charge on any atom is 0.126 e. The lowest BCUT2D eigenvalue weighted by molar-refractivity contribution is 0.319. The van der Waals surface area contributed by atoms with Crippen molar-refractivity contribution in [1.29, 1.82) is 0 Å². The van der Waals surface area contributed by atoms with Crippen LogP contribution in [0.25, 0.3) is 0 Å². The van der Waals surface area contributed by atoms with Crippen molar-refractivity contribution in [1.82, 2.24) is 9.97 Å². The Morgan fingerprint density at radius 1 is 1.47 bits per heavy atom. The summed E-state index contributed by atoms with van der Waals surface area (Å²) in [4.78, 5) is 9.50. The monoisotopic (exact) mass is 249 g/mol. The van der Waals surface area contributed by atoms with Crippen molar-refractivity contribution in [3.63, 3.8) is 0 Å². The average Bonchev–Trinajstić information content (AvgIpc) is 2.76. The van der Waals surface area contributed by atoms with E-state index in [0.717, 1.165) is 23.4 Å². The summed E-state index contributed by atoms with van der Waals surface area (Å²) < 4.78 is 5.72. The van der Waals surface area contributed by atoms with Crippen molar-refractivity contribution in [3.05, 3.63) is 40.1 Å². The summed E-state index contributed by atoms with van der Waals surface area (Å²) in [5.41, 5.74) is 9.51. The summed E-state index contributed by atoms with van der Waals surface area (Å²) in [6.07, 6.45) is 4.34. The van der Waals surface area contributed by atoms with Crippen LogP contribution in [0.1, 0.15) is 16.1 Å². The zero-order valence-electron chi connectivity index (χ0n) is 9.72. The predicted molar refractivity (Wildman–Crippen MR) is 68.2 cm³/mol. The van der Waals surface area contributed by atoms with Gasteiger partial charge >= 0.3 is 0 Å². The molecule has 0 spiro atoms. The third kappa shape index (κ3) is 3.01. The topological polar surface area (TPSA) is 61.0 Å². The van der Waals surface area contributed by atoms with Crippen LogP contribution in [0.15, 0.2) is 24.0 Å². The lowest BCUT2D eigenvalue weighted by atomic mass is 10.2. The highest BCUT2D eigenvalue weighted by atomic mass is 32.1. The number of hydrogen-bond acceptors (Lipinski definition) is 5. The van der Waals surface area contributed by atoms with Crippen LogP contribution in [0.3, 0.4) is 0 Å². The van der Waals surface area contributed by atoms with Crippen LogP contribution in [0.5, 0.6) is 5.75 Å². The molecule has 0 bridgehead atoms. The van der Waals surface area contributed by atoms with Crippen molar-refractivity contribution in [3.8, 4) is 5.75 Å². The average molecular weight is 249 g/mol. The molecule has 2 rings (SSSR count). The number of aryl methyl sites for hydroxylation is 1. The van der Waals surface area contributed by atoms with Gasteiger partial charge in [0.25, 0.3) is 0 Å². The molecule has 17 heavy (non-hydrogen) atoms. The highest BCUT2D eigenvalue weighted by molar-refractivity contribution is 7.09.